The Hall–Kier alpha value is -2.20. The quantitative estimate of drug-likeness (QED) is 0.936. The van der Waals surface area contributed by atoms with Gasteiger partial charge >= 0.3 is 0 Å². The summed E-state index contributed by atoms with van der Waals surface area (Å²) in [5.41, 5.74) is 1.20. The molecular weight excluding hydrogens is 264 g/mol. The minimum Gasteiger partial charge on any atom is -0.493 e. The van der Waals surface area contributed by atoms with E-state index in [0.717, 1.165) is 43.4 Å². The van der Waals surface area contributed by atoms with Gasteiger partial charge < -0.3 is 19.7 Å². The highest BCUT2D eigenvalue weighted by Gasteiger charge is 2.11. The maximum atomic E-state index is 5.96. The Labute approximate surface area is 125 Å². The van der Waals surface area contributed by atoms with Crippen LogP contribution < -0.4 is 19.7 Å². The summed E-state index contributed by atoms with van der Waals surface area (Å²) < 4.78 is 11.3. The molecule has 0 atom stereocenters. The van der Waals surface area contributed by atoms with Gasteiger partial charge in [0.25, 0.3) is 0 Å². The zero-order chi connectivity index (χ0) is 14.5. The topological polar surface area (TPSA) is 33.7 Å². The van der Waals surface area contributed by atoms with Gasteiger partial charge in [0, 0.05) is 37.9 Å². The normalized spacial score (nSPS) is 14.8. The van der Waals surface area contributed by atoms with E-state index in [1.165, 1.54) is 5.69 Å². The first-order valence-corrected chi connectivity index (χ1v) is 7.23. The van der Waals surface area contributed by atoms with Crippen molar-refractivity contribution in [2.24, 2.45) is 0 Å². The molecule has 1 N–H and O–H groups in total. The van der Waals surface area contributed by atoms with Gasteiger partial charge in [0.1, 0.15) is 5.75 Å². The molecule has 0 unspecified atom stereocenters. The third-order valence-corrected chi connectivity index (χ3v) is 3.60. The van der Waals surface area contributed by atoms with E-state index < -0.39 is 0 Å². The SMILES string of the molecule is COc1ccccc1Oc1cccc(N2CCNCC2)c1. The van der Waals surface area contributed by atoms with Crippen molar-refractivity contribution in [2.45, 2.75) is 0 Å². The van der Waals surface area contributed by atoms with Crippen LogP contribution in [0.3, 0.4) is 0 Å². The number of piperazine rings is 1. The number of rotatable bonds is 4. The van der Waals surface area contributed by atoms with Crippen LogP contribution in [0.25, 0.3) is 0 Å². The van der Waals surface area contributed by atoms with E-state index in [9.17, 15) is 0 Å². The summed E-state index contributed by atoms with van der Waals surface area (Å²) in [6, 6.07) is 15.9. The summed E-state index contributed by atoms with van der Waals surface area (Å²) in [6.45, 7) is 4.10. The third-order valence-electron chi connectivity index (χ3n) is 3.60. The summed E-state index contributed by atoms with van der Waals surface area (Å²) >= 11 is 0. The van der Waals surface area contributed by atoms with Gasteiger partial charge in [-0.25, -0.2) is 0 Å². The fourth-order valence-electron chi connectivity index (χ4n) is 2.50. The molecule has 4 heteroatoms. The molecule has 1 aliphatic rings. The number of nitrogens with zero attached hydrogens (tertiary/aromatic N) is 1. The summed E-state index contributed by atoms with van der Waals surface area (Å²) in [7, 11) is 1.65. The molecule has 0 radical (unpaired) electrons. The van der Waals surface area contributed by atoms with E-state index in [4.69, 9.17) is 9.47 Å². The second kappa shape index (κ2) is 6.50. The number of nitrogens with one attached hydrogen (secondary N) is 1. The number of hydrogen-bond acceptors (Lipinski definition) is 4. The first kappa shape index (κ1) is 13.8. The minimum atomic E-state index is 0.734. The van der Waals surface area contributed by atoms with Gasteiger partial charge in [0.2, 0.25) is 0 Å². The van der Waals surface area contributed by atoms with Gasteiger partial charge in [0.05, 0.1) is 7.11 Å². The van der Waals surface area contributed by atoms with Crippen LogP contribution >= 0.6 is 0 Å². The summed E-state index contributed by atoms with van der Waals surface area (Å²) in [4.78, 5) is 2.37. The van der Waals surface area contributed by atoms with Crippen molar-refractivity contribution >= 4 is 5.69 Å². The minimum absolute atomic E-state index is 0.734. The van der Waals surface area contributed by atoms with Crippen molar-refractivity contribution in [1.82, 2.24) is 5.32 Å². The first-order chi connectivity index (χ1) is 10.4. The molecule has 0 amide bonds. The van der Waals surface area contributed by atoms with Gasteiger partial charge in [-0.3, -0.25) is 0 Å². The number of hydrogen-bond donors (Lipinski definition) is 1. The van der Waals surface area contributed by atoms with Crippen molar-refractivity contribution in [3.63, 3.8) is 0 Å². The van der Waals surface area contributed by atoms with Gasteiger partial charge in [-0.15, -0.1) is 0 Å². The van der Waals surface area contributed by atoms with E-state index in [1.807, 2.05) is 36.4 Å². The van der Waals surface area contributed by atoms with Gasteiger partial charge in [-0.1, -0.05) is 18.2 Å². The van der Waals surface area contributed by atoms with Crippen LogP contribution in [0.5, 0.6) is 17.2 Å². The molecule has 2 aromatic carbocycles. The highest BCUT2D eigenvalue weighted by atomic mass is 16.5. The zero-order valence-corrected chi connectivity index (χ0v) is 12.2. The Kier molecular flexibility index (Phi) is 4.26. The molecule has 0 bridgehead atoms. The first-order valence-electron chi connectivity index (χ1n) is 7.23. The van der Waals surface area contributed by atoms with E-state index in [2.05, 4.69) is 22.3 Å². The average Bonchev–Trinajstić information content (AvgIpc) is 2.56. The van der Waals surface area contributed by atoms with Crippen LogP contribution in [0.4, 0.5) is 5.69 Å². The van der Waals surface area contributed by atoms with E-state index >= 15 is 0 Å². The molecule has 1 aliphatic heterocycles. The highest BCUT2D eigenvalue weighted by molar-refractivity contribution is 5.52. The van der Waals surface area contributed by atoms with Crippen molar-refractivity contribution in [3.05, 3.63) is 48.5 Å². The molecule has 0 spiro atoms. The second-order valence-corrected chi connectivity index (χ2v) is 4.99. The number of anilines is 1. The lowest BCUT2D eigenvalue weighted by atomic mass is 10.2. The number of benzene rings is 2. The van der Waals surface area contributed by atoms with Crippen molar-refractivity contribution in [2.75, 3.05) is 38.2 Å². The number of ether oxygens (including phenoxy) is 2. The molecular formula is C17H20N2O2. The summed E-state index contributed by atoms with van der Waals surface area (Å²) in [6.07, 6.45) is 0. The van der Waals surface area contributed by atoms with E-state index in [1.54, 1.807) is 7.11 Å². The molecule has 4 nitrogen and oxygen atoms in total. The molecule has 21 heavy (non-hydrogen) atoms. The summed E-state index contributed by atoms with van der Waals surface area (Å²) in [5, 5.41) is 3.36. The van der Waals surface area contributed by atoms with Gasteiger partial charge in [-0.2, -0.15) is 0 Å². The van der Waals surface area contributed by atoms with E-state index in [0.29, 0.717) is 0 Å². The lowest BCUT2D eigenvalue weighted by Crippen LogP contribution is -2.43. The predicted molar refractivity (Wildman–Crippen MR) is 84.6 cm³/mol. The zero-order valence-electron chi connectivity index (χ0n) is 12.2. The Morgan fingerprint density at radius 1 is 0.952 bits per heavy atom. The Bertz CT molecular complexity index is 595. The molecule has 0 saturated carbocycles. The fourth-order valence-corrected chi connectivity index (χ4v) is 2.50. The molecule has 0 aromatic heterocycles. The van der Waals surface area contributed by atoms with Crippen LogP contribution in [0.2, 0.25) is 0 Å². The third kappa shape index (κ3) is 3.28. The largest absolute Gasteiger partial charge is 0.493 e. The van der Waals surface area contributed by atoms with Gasteiger partial charge in [-0.05, 0) is 24.3 Å². The number of para-hydroxylation sites is 2. The summed E-state index contributed by atoms with van der Waals surface area (Å²) in [5.74, 6) is 2.30. The average molecular weight is 284 g/mol. The monoisotopic (exact) mass is 284 g/mol. The van der Waals surface area contributed by atoms with Crippen LogP contribution in [0.1, 0.15) is 0 Å². The molecule has 3 rings (SSSR count). The highest BCUT2D eigenvalue weighted by Crippen LogP contribution is 2.32. The van der Waals surface area contributed by atoms with Crippen LogP contribution in [-0.2, 0) is 0 Å². The van der Waals surface area contributed by atoms with Gasteiger partial charge in [0.15, 0.2) is 11.5 Å². The van der Waals surface area contributed by atoms with Crippen molar-refractivity contribution in [3.8, 4) is 17.2 Å². The lowest BCUT2D eigenvalue weighted by molar-refractivity contribution is 0.379. The lowest BCUT2D eigenvalue weighted by Gasteiger charge is -2.29. The maximum Gasteiger partial charge on any atom is 0.169 e. The van der Waals surface area contributed by atoms with Crippen LogP contribution in [-0.4, -0.2) is 33.3 Å². The molecule has 1 fully saturated rings. The second-order valence-electron chi connectivity index (χ2n) is 4.99. The smallest absolute Gasteiger partial charge is 0.169 e. The molecule has 1 heterocycles. The molecule has 2 aromatic rings. The van der Waals surface area contributed by atoms with Crippen LogP contribution in [0, 0.1) is 0 Å². The molecule has 110 valence electrons. The molecule has 0 aliphatic carbocycles. The molecule has 1 saturated heterocycles. The Balaban J connectivity index is 1.79. The van der Waals surface area contributed by atoms with Crippen molar-refractivity contribution in [1.29, 1.82) is 0 Å². The number of methoxy groups -OCH3 is 1. The Morgan fingerprint density at radius 3 is 2.48 bits per heavy atom. The maximum absolute atomic E-state index is 5.96. The van der Waals surface area contributed by atoms with E-state index in [-0.39, 0.29) is 0 Å². The standard InChI is InChI=1S/C17H20N2O2/c1-20-16-7-2-3-8-17(16)21-15-6-4-5-14(13-15)19-11-9-18-10-12-19/h2-8,13,18H,9-12H2,1H3. The Morgan fingerprint density at radius 2 is 1.71 bits per heavy atom. The predicted octanol–water partition coefficient (Wildman–Crippen LogP) is 2.90. The fraction of sp³-hybridized carbons (Fsp3) is 0.294. The van der Waals surface area contributed by atoms with Crippen molar-refractivity contribution < 1.29 is 9.47 Å². The van der Waals surface area contributed by atoms with Crippen LogP contribution in [0.15, 0.2) is 48.5 Å².